The first-order chi connectivity index (χ1) is 9.33. The fourth-order valence-electron chi connectivity index (χ4n) is 1.99. The van der Waals surface area contributed by atoms with Crippen molar-refractivity contribution >= 4 is 23.1 Å². The predicted molar refractivity (Wildman–Crippen MR) is 91.6 cm³/mol. The van der Waals surface area contributed by atoms with Crippen molar-refractivity contribution in [2.24, 2.45) is 5.92 Å². The molecular formula is C16H28N2S2. The topological polar surface area (TPSA) is 24.9 Å². The minimum Gasteiger partial charge on any atom is -0.309 e. The molecule has 1 aliphatic rings. The molecule has 0 aliphatic heterocycles. The highest BCUT2D eigenvalue weighted by atomic mass is 32.2. The molecule has 0 atom stereocenters. The Hall–Kier alpha value is -0.0600. The Balaban J connectivity index is 2.00. The van der Waals surface area contributed by atoms with Crippen molar-refractivity contribution in [3.8, 4) is 0 Å². The first-order valence-corrected chi connectivity index (χ1v) is 9.48. The summed E-state index contributed by atoms with van der Waals surface area (Å²) in [4.78, 5) is 6.38. The molecule has 4 heteroatoms. The van der Waals surface area contributed by atoms with Crippen LogP contribution in [0.25, 0.3) is 0 Å². The largest absolute Gasteiger partial charge is 0.309 e. The lowest BCUT2D eigenvalue weighted by molar-refractivity contribution is 0.623. The molecule has 1 heterocycles. The molecule has 20 heavy (non-hydrogen) atoms. The minimum atomic E-state index is 0.316. The molecule has 1 fully saturated rings. The second kappa shape index (κ2) is 6.80. The minimum absolute atomic E-state index is 0.316. The van der Waals surface area contributed by atoms with E-state index < -0.39 is 0 Å². The summed E-state index contributed by atoms with van der Waals surface area (Å²) in [7, 11) is 0. The van der Waals surface area contributed by atoms with Crippen LogP contribution in [0.3, 0.4) is 0 Å². The van der Waals surface area contributed by atoms with Gasteiger partial charge in [0.05, 0.1) is 5.69 Å². The quantitative estimate of drug-likeness (QED) is 0.795. The van der Waals surface area contributed by atoms with E-state index in [-0.39, 0.29) is 0 Å². The second-order valence-electron chi connectivity index (χ2n) is 7.13. The summed E-state index contributed by atoms with van der Waals surface area (Å²) in [5, 5.41) is 4.94. The molecule has 1 N–H and O–H groups in total. The van der Waals surface area contributed by atoms with Gasteiger partial charge in [0.15, 0.2) is 0 Å². The van der Waals surface area contributed by atoms with E-state index in [1.54, 1.807) is 0 Å². The van der Waals surface area contributed by atoms with E-state index in [1.165, 1.54) is 28.4 Å². The van der Waals surface area contributed by atoms with E-state index in [4.69, 9.17) is 4.98 Å². The number of thioether (sulfide) groups is 1. The lowest BCUT2D eigenvalue weighted by atomic mass is 10.1. The number of aromatic nitrogens is 1. The summed E-state index contributed by atoms with van der Waals surface area (Å²) in [5.41, 5.74) is 1.34. The Labute approximate surface area is 132 Å². The maximum Gasteiger partial charge on any atom is 0.103 e. The second-order valence-corrected chi connectivity index (χ2v) is 10.1. The zero-order valence-corrected chi connectivity index (χ0v) is 15.1. The van der Waals surface area contributed by atoms with E-state index in [0.29, 0.717) is 10.7 Å². The van der Waals surface area contributed by atoms with Gasteiger partial charge in [0.2, 0.25) is 0 Å². The molecule has 0 bridgehead atoms. The summed E-state index contributed by atoms with van der Waals surface area (Å²) in [6.45, 7) is 12.4. The maximum absolute atomic E-state index is 4.91. The third-order valence-electron chi connectivity index (χ3n) is 3.18. The van der Waals surface area contributed by atoms with Crippen LogP contribution in [0, 0.1) is 5.92 Å². The molecule has 1 aromatic rings. The van der Waals surface area contributed by atoms with E-state index in [2.05, 4.69) is 39.9 Å². The van der Waals surface area contributed by atoms with Crippen LogP contribution < -0.4 is 5.32 Å². The average Bonchev–Trinajstić information content (AvgIpc) is 3.06. The first-order valence-electron chi connectivity index (χ1n) is 7.68. The fourth-order valence-corrected chi connectivity index (χ4v) is 3.86. The van der Waals surface area contributed by atoms with Crippen LogP contribution in [0.15, 0.2) is 0 Å². The van der Waals surface area contributed by atoms with Crippen molar-refractivity contribution in [1.29, 1.82) is 0 Å². The highest BCUT2D eigenvalue weighted by Gasteiger charge is 2.22. The molecule has 0 spiro atoms. The van der Waals surface area contributed by atoms with E-state index in [0.717, 1.165) is 24.8 Å². The summed E-state index contributed by atoms with van der Waals surface area (Å²) in [5.74, 6) is 1.72. The van der Waals surface area contributed by atoms with Gasteiger partial charge in [-0.2, -0.15) is 0 Å². The third kappa shape index (κ3) is 5.74. The van der Waals surface area contributed by atoms with Gasteiger partial charge in [-0.15, -0.1) is 23.1 Å². The molecule has 1 aromatic heterocycles. The molecule has 0 aromatic carbocycles. The number of nitrogens with one attached hydrogen (secondary N) is 1. The lowest BCUT2D eigenvalue weighted by Gasteiger charge is -2.16. The first kappa shape index (κ1) is 16.3. The van der Waals surface area contributed by atoms with Gasteiger partial charge in [-0.1, -0.05) is 34.6 Å². The standard InChI is InChI=1S/C16H28N2S2/c1-11(2)8-13-14(9-17-12-6-7-12)20-15(18-13)10-19-16(3,4)5/h11-12,17H,6-10H2,1-5H3. The van der Waals surface area contributed by atoms with Crippen molar-refractivity contribution in [2.45, 2.75) is 77.0 Å². The van der Waals surface area contributed by atoms with Crippen molar-refractivity contribution in [3.63, 3.8) is 0 Å². The Morgan fingerprint density at radius 3 is 2.60 bits per heavy atom. The van der Waals surface area contributed by atoms with Crippen molar-refractivity contribution in [1.82, 2.24) is 10.3 Å². The molecule has 2 rings (SSSR count). The predicted octanol–water partition coefficient (Wildman–Crippen LogP) is 4.63. The normalized spacial score (nSPS) is 16.1. The molecule has 0 unspecified atom stereocenters. The molecule has 1 saturated carbocycles. The van der Waals surface area contributed by atoms with Crippen LogP contribution in [-0.4, -0.2) is 15.8 Å². The Bertz CT molecular complexity index is 428. The molecule has 0 amide bonds. The van der Waals surface area contributed by atoms with Gasteiger partial charge < -0.3 is 5.32 Å². The monoisotopic (exact) mass is 312 g/mol. The number of hydrogen-bond acceptors (Lipinski definition) is 4. The molecule has 0 radical (unpaired) electrons. The highest BCUT2D eigenvalue weighted by molar-refractivity contribution is 7.99. The van der Waals surface area contributed by atoms with Crippen LogP contribution >= 0.6 is 23.1 Å². The van der Waals surface area contributed by atoms with E-state index in [9.17, 15) is 0 Å². The van der Waals surface area contributed by atoms with Crippen molar-refractivity contribution in [3.05, 3.63) is 15.6 Å². The summed E-state index contributed by atoms with van der Waals surface area (Å²) >= 11 is 3.91. The van der Waals surface area contributed by atoms with Gasteiger partial charge in [0.25, 0.3) is 0 Å². The van der Waals surface area contributed by atoms with Crippen molar-refractivity contribution in [2.75, 3.05) is 0 Å². The number of hydrogen-bond donors (Lipinski definition) is 1. The summed E-state index contributed by atoms with van der Waals surface area (Å²) in [6.07, 6.45) is 3.81. The SMILES string of the molecule is CC(C)Cc1nc(CSC(C)(C)C)sc1CNC1CC1. The van der Waals surface area contributed by atoms with Gasteiger partial charge in [-0.3, -0.25) is 0 Å². The van der Waals surface area contributed by atoms with Crippen LogP contribution in [0.1, 0.15) is 63.0 Å². The van der Waals surface area contributed by atoms with Crippen molar-refractivity contribution < 1.29 is 0 Å². The molecule has 0 saturated heterocycles. The lowest BCUT2D eigenvalue weighted by Crippen LogP contribution is -2.15. The number of rotatable bonds is 7. The molecule has 114 valence electrons. The summed E-state index contributed by atoms with van der Waals surface area (Å²) < 4.78 is 0.316. The smallest absolute Gasteiger partial charge is 0.103 e. The molecule has 1 aliphatic carbocycles. The third-order valence-corrected chi connectivity index (χ3v) is 5.75. The van der Waals surface area contributed by atoms with Gasteiger partial charge >= 0.3 is 0 Å². The Morgan fingerprint density at radius 2 is 2.05 bits per heavy atom. The fraction of sp³-hybridized carbons (Fsp3) is 0.812. The van der Waals surface area contributed by atoms with Gasteiger partial charge in [-0.05, 0) is 25.2 Å². The zero-order chi connectivity index (χ0) is 14.8. The number of nitrogens with zero attached hydrogens (tertiary/aromatic N) is 1. The Morgan fingerprint density at radius 1 is 1.35 bits per heavy atom. The van der Waals surface area contributed by atoms with E-state index in [1.807, 2.05) is 23.1 Å². The van der Waals surface area contributed by atoms with Crippen LogP contribution in [0.4, 0.5) is 0 Å². The van der Waals surface area contributed by atoms with Crippen LogP contribution in [0.5, 0.6) is 0 Å². The highest BCUT2D eigenvalue weighted by Crippen LogP contribution is 2.31. The van der Waals surface area contributed by atoms with Gasteiger partial charge in [0.1, 0.15) is 5.01 Å². The molecular weight excluding hydrogens is 284 g/mol. The van der Waals surface area contributed by atoms with Gasteiger partial charge in [-0.25, -0.2) is 4.98 Å². The zero-order valence-electron chi connectivity index (χ0n) is 13.5. The summed E-state index contributed by atoms with van der Waals surface area (Å²) in [6, 6.07) is 0.774. The number of thiazole rings is 1. The van der Waals surface area contributed by atoms with Crippen LogP contribution in [-0.2, 0) is 18.7 Å². The van der Waals surface area contributed by atoms with Gasteiger partial charge in [0, 0.05) is 28.0 Å². The Kier molecular flexibility index (Phi) is 5.55. The average molecular weight is 313 g/mol. The maximum atomic E-state index is 4.91. The van der Waals surface area contributed by atoms with Crippen LogP contribution in [0.2, 0.25) is 0 Å². The molecule has 2 nitrogen and oxygen atoms in total. The van der Waals surface area contributed by atoms with E-state index >= 15 is 0 Å².